The Balaban J connectivity index is 1.59. The molecule has 0 saturated carbocycles. The largest absolute Gasteiger partial charge is 0.486 e. The number of carboxylic acid groups (broad SMARTS) is 1. The third-order valence-corrected chi connectivity index (χ3v) is 4.19. The number of carbonyl (C=O) groups is 2. The van der Waals surface area contributed by atoms with Gasteiger partial charge in [0.1, 0.15) is 13.2 Å². The number of rotatable bonds is 5. The molecule has 1 aromatic rings. The van der Waals surface area contributed by atoms with Crippen molar-refractivity contribution in [3.63, 3.8) is 0 Å². The lowest BCUT2D eigenvalue weighted by molar-refractivity contribution is -0.146. The Hall–Kier alpha value is -2.28. The molecule has 3 rings (SSSR count). The minimum Gasteiger partial charge on any atom is -0.486 e. The fourth-order valence-corrected chi connectivity index (χ4v) is 2.99. The molecule has 0 aromatic heterocycles. The second-order valence-corrected chi connectivity index (χ2v) is 5.89. The van der Waals surface area contributed by atoms with Crippen molar-refractivity contribution >= 4 is 11.9 Å². The Labute approximate surface area is 140 Å². The lowest BCUT2D eigenvalue weighted by Gasteiger charge is -2.35. The van der Waals surface area contributed by atoms with Gasteiger partial charge >= 0.3 is 5.97 Å². The van der Waals surface area contributed by atoms with Gasteiger partial charge in [-0.2, -0.15) is 0 Å². The first kappa shape index (κ1) is 16.6. The van der Waals surface area contributed by atoms with Crippen LogP contribution in [0.2, 0.25) is 0 Å². The van der Waals surface area contributed by atoms with Crippen molar-refractivity contribution in [3.05, 3.63) is 23.8 Å². The number of benzene rings is 1. The van der Waals surface area contributed by atoms with Crippen LogP contribution in [0, 0.1) is 0 Å². The summed E-state index contributed by atoms with van der Waals surface area (Å²) in [6, 6.07) is 5.30. The van der Waals surface area contributed by atoms with E-state index in [0.717, 1.165) is 11.3 Å². The van der Waals surface area contributed by atoms with Crippen LogP contribution >= 0.6 is 0 Å². The summed E-state index contributed by atoms with van der Waals surface area (Å²) in [6.45, 7) is 2.25. The molecule has 2 aliphatic rings. The topological polar surface area (TPSA) is 85.3 Å². The minimum atomic E-state index is -0.921. The van der Waals surface area contributed by atoms with Crippen LogP contribution < -0.4 is 9.47 Å². The van der Waals surface area contributed by atoms with Gasteiger partial charge in [0.25, 0.3) is 0 Å². The van der Waals surface area contributed by atoms with Gasteiger partial charge in [-0.1, -0.05) is 6.07 Å². The summed E-state index contributed by atoms with van der Waals surface area (Å²) in [5, 5.41) is 8.97. The number of amides is 1. The van der Waals surface area contributed by atoms with Gasteiger partial charge in [0, 0.05) is 13.0 Å². The quantitative estimate of drug-likeness (QED) is 0.867. The molecule has 7 nitrogen and oxygen atoms in total. The number of morpholine rings is 1. The predicted octanol–water partition coefficient (Wildman–Crippen LogP) is 1.09. The zero-order valence-corrected chi connectivity index (χ0v) is 13.4. The maximum Gasteiger partial charge on any atom is 0.305 e. The van der Waals surface area contributed by atoms with E-state index in [9.17, 15) is 9.59 Å². The molecule has 1 amide bonds. The molecule has 0 bridgehead atoms. The molecule has 2 heterocycles. The van der Waals surface area contributed by atoms with Gasteiger partial charge in [-0.15, -0.1) is 0 Å². The Kier molecular flexibility index (Phi) is 5.20. The first-order valence-electron chi connectivity index (χ1n) is 8.11. The van der Waals surface area contributed by atoms with Crippen LogP contribution in [0.3, 0.4) is 0 Å². The van der Waals surface area contributed by atoms with Crippen molar-refractivity contribution in [1.82, 2.24) is 4.90 Å². The summed E-state index contributed by atoms with van der Waals surface area (Å²) in [6.07, 6.45) is 0.818. The fraction of sp³-hybridized carbons (Fsp3) is 0.529. The predicted molar refractivity (Wildman–Crippen MR) is 84.3 cm³/mol. The third-order valence-electron chi connectivity index (χ3n) is 4.19. The fourth-order valence-electron chi connectivity index (χ4n) is 2.99. The van der Waals surface area contributed by atoms with Gasteiger partial charge in [-0.05, 0) is 24.1 Å². The number of hydrogen-bond acceptors (Lipinski definition) is 5. The molecular formula is C17H21NO6. The number of aliphatic carboxylic acids is 1. The van der Waals surface area contributed by atoms with E-state index in [4.69, 9.17) is 19.3 Å². The lowest BCUT2D eigenvalue weighted by atomic mass is 10.1. The summed E-state index contributed by atoms with van der Waals surface area (Å²) in [5.41, 5.74) is 0.996. The molecule has 1 atom stereocenters. The number of carboxylic acids is 1. The maximum absolute atomic E-state index is 12.5. The van der Waals surface area contributed by atoms with Gasteiger partial charge in [-0.25, -0.2) is 0 Å². The molecule has 7 heteroatoms. The summed E-state index contributed by atoms with van der Waals surface area (Å²) < 4.78 is 16.3. The molecule has 0 spiro atoms. The van der Waals surface area contributed by atoms with Crippen LogP contribution in [0.15, 0.2) is 18.2 Å². The smallest absolute Gasteiger partial charge is 0.305 e. The molecule has 0 radical (unpaired) electrons. The monoisotopic (exact) mass is 335 g/mol. The van der Waals surface area contributed by atoms with Crippen LogP contribution in [0.5, 0.6) is 11.5 Å². The van der Waals surface area contributed by atoms with E-state index in [0.29, 0.717) is 45.0 Å². The molecule has 2 aliphatic heterocycles. The molecule has 130 valence electrons. The first-order chi connectivity index (χ1) is 11.6. The van der Waals surface area contributed by atoms with Crippen molar-refractivity contribution in [2.45, 2.75) is 25.3 Å². The van der Waals surface area contributed by atoms with Crippen molar-refractivity contribution in [2.24, 2.45) is 0 Å². The number of carbonyl (C=O) groups excluding carboxylic acids is 1. The molecular weight excluding hydrogens is 314 g/mol. The zero-order chi connectivity index (χ0) is 16.9. The van der Waals surface area contributed by atoms with E-state index in [1.54, 1.807) is 4.90 Å². The highest BCUT2D eigenvalue weighted by atomic mass is 16.6. The second-order valence-electron chi connectivity index (χ2n) is 5.89. The Morgan fingerprint density at radius 3 is 2.75 bits per heavy atom. The standard InChI is InChI=1S/C17H21NO6/c19-16(18-5-6-22-11-13(18)10-17(20)21)4-2-12-1-3-14-15(9-12)24-8-7-23-14/h1,3,9,13H,2,4-8,10-11H2,(H,20,21). The van der Waals surface area contributed by atoms with Crippen LogP contribution in [-0.4, -0.2) is 60.9 Å². The normalized spacial score (nSPS) is 19.8. The highest BCUT2D eigenvalue weighted by molar-refractivity contribution is 5.78. The van der Waals surface area contributed by atoms with E-state index < -0.39 is 5.97 Å². The summed E-state index contributed by atoms with van der Waals surface area (Å²) >= 11 is 0. The van der Waals surface area contributed by atoms with E-state index >= 15 is 0 Å². The van der Waals surface area contributed by atoms with Gasteiger partial charge < -0.3 is 24.2 Å². The van der Waals surface area contributed by atoms with Crippen molar-refractivity contribution in [2.75, 3.05) is 33.0 Å². The Morgan fingerprint density at radius 2 is 1.96 bits per heavy atom. The van der Waals surface area contributed by atoms with E-state index in [-0.39, 0.29) is 25.0 Å². The van der Waals surface area contributed by atoms with Gasteiger partial charge in [0.15, 0.2) is 11.5 Å². The van der Waals surface area contributed by atoms with Crippen LogP contribution in [0.25, 0.3) is 0 Å². The highest BCUT2D eigenvalue weighted by Gasteiger charge is 2.28. The summed E-state index contributed by atoms with van der Waals surface area (Å²) in [7, 11) is 0. The van der Waals surface area contributed by atoms with E-state index in [1.165, 1.54) is 0 Å². The number of ether oxygens (including phenoxy) is 3. The van der Waals surface area contributed by atoms with Crippen LogP contribution in [-0.2, 0) is 20.7 Å². The Bertz CT molecular complexity index is 617. The van der Waals surface area contributed by atoms with Crippen molar-refractivity contribution in [3.8, 4) is 11.5 Å². The van der Waals surface area contributed by atoms with Crippen LogP contribution in [0.4, 0.5) is 0 Å². The molecule has 1 N–H and O–H groups in total. The maximum atomic E-state index is 12.5. The van der Waals surface area contributed by atoms with E-state index in [2.05, 4.69) is 0 Å². The van der Waals surface area contributed by atoms with Crippen LogP contribution in [0.1, 0.15) is 18.4 Å². The molecule has 1 saturated heterocycles. The second kappa shape index (κ2) is 7.53. The highest BCUT2D eigenvalue weighted by Crippen LogP contribution is 2.31. The molecule has 0 aliphatic carbocycles. The molecule has 1 fully saturated rings. The summed E-state index contributed by atoms with van der Waals surface area (Å²) in [4.78, 5) is 25.0. The van der Waals surface area contributed by atoms with Gasteiger partial charge in [0.2, 0.25) is 5.91 Å². The molecule has 24 heavy (non-hydrogen) atoms. The average molecular weight is 335 g/mol. The number of fused-ring (bicyclic) bond motifs is 1. The molecule has 1 unspecified atom stereocenters. The number of aryl methyl sites for hydroxylation is 1. The van der Waals surface area contributed by atoms with Gasteiger partial charge in [-0.3, -0.25) is 9.59 Å². The van der Waals surface area contributed by atoms with Crippen molar-refractivity contribution < 1.29 is 28.9 Å². The Morgan fingerprint density at radius 1 is 1.17 bits per heavy atom. The first-order valence-corrected chi connectivity index (χ1v) is 8.11. The number of hydrogen-bond donors (Lipinski definition) is 1. The average Bonchev–Trinajstić information content (AvgIpc) is 2.59. The number of nitrogens with zero attached hydrogens (tertiary/aromatic N) is 1. The van der Waals surface area contributed by atoms with Gasteiger partial charge in [0.05, 0.1) is 25.7 Å². The zero-order valence-electron chi connectivity index (χ0n) is 13.4. The minimum absolute atomic E-state index is 0.0422. The third kappa shape index (κ3) is 3.97. The van der Waals surface area contributed by atoms with E-state index in [1.807, 2.05) is 18.2 Å². The summed E-state index contributed by atoms with van der Waals surface area (Å²) in [5.74, 6) is 0.474. The lowest BCUT2D eigenvalue weighted by Crippen LogP contribution is -2.49. The molecule has 1 aromatic carbocycles. The SMILES string of the molecule is O=C(O)CC1COCCN1C(=O)CCc1ccc2c(c1)OCCO2. The van der Waals surface area contributed by atoms with Crippen molar-refractivity contribution in [1.29, 1.82) is 0 Å².